The van der Waals surface area contributed by atoms with E-state index in [1.165, 1.54) is 0 Å². The molecule has 0 aromatic rings. The van der Waals surface area contributed by atoms with Gasteiger partial charge in [0.2, 0.25) is 11.8 Å². The van der Waals surface area contributed by atoms with Gasteiger partial charge >= 0.3 is 5.97 Å². The Morgan fingerprint density at radius 1 is 1.24 bits per heavy atom. The maximum Gasteiger partial charge on any atom is 0.328 e. The van der Waals surface area contributed by atoms with Crippen LogP contribution in [0.3, 0.4) is 0 Å². The molecule has 1 rings (SSSR count). The van der Waals surface area contributed by atoms with Crippen LogP contribution in [0.4, 0.5) is 0 Å². The van der Waals surface area contributed by atoms with Crippen LogP contribution in [0.5, 0.6) is 0 Å². The number of carboxylic acid groups (broad SMARTS) is 1. The number of aliphatic imine (C=N–C) groups is 1. The fraction of sp³-hybridized carbons (Fsp3) is 0.714. The predicted molar refractivity (Wildman–Crippen MR) is 89.5 cm³/mol. The van der Waals surface area contributed by atoms with Crippen LogP contribution in [0, 0.1) is 0 Å². The minimum Gasteiger partial charge on any atom is -0.480 e. The number of carbonyl (C=O) groups is 3. The van der Waals surface area contributed by atoms with E-state index in [1.807, 2.05) is 0 Å². The summed E-state index contributed by atoms with van der Waals surface area (Å²) in [7, 11) is 0. The molecule has 1 aliphatic heterocycles. The van der Waals surface area contributed by atoms with Crippen LogP contribution in [-0.4, -0.2) is 71.8 Å². The standard InChI is InChI=1S/C14H26N6O5/c15-14(16)18-6-2-4-9(12(23)20-10(7-21)13(24)25)19-11(22)8-3-1-5-17-8/h8-10,17,21H,1-7H2,(H,19,22)(H,20,23)(H,24,25)(H4,15,16,18). The Morgan fingerprint density at radius 3 is 2.48 bits per heavy atom. The predicted octanol–water partition coefficient (Wildman–Crippen LogP) is -3.16. The maximum atomic E-state index is 12.3. The number of aliphatic carboxylic acids is 1. The van der Waals surface area contributed by atoms with E-state index in [0.29, 0.717) is 12.8 Å². The minimum absolute atomic E-state index is 0.0774. The van der Waals surface area contributed by atoms with Crippen molar-refractivity contribution in [3.63, 3.8) is 0 Å². The summed E-state index contributed by atoms with van der Waals surface area (Å²) >= 11 is 0. The number of rotatable bonds is 10. The van der Waals surface area contributed by atoms with E-state index in [0.717, 1.165) is 13.0 Å². The van der Waals surface area contributed by atoms with Gasteiger partial charge in [-0.2, -0.15) is 0 Å². The van der Waals surface area contributed by atoms with E-state index in [4.69, 9.17) is 21.7 Å². The molecule has 3 unspecified atom stereocenters. The molecule has 0 spiro atoms. The van der Waals surface area contributed by atoms with E-state index in [1.54, 1.807) is 0 Å². The molecule has 0 aromatic carbocycles. The molecule has 3 atom stereocenters. The Balaban J connectivity index is 2.67. The Bertz CT molecular complexity index is 502. The molecule has 11 heteroatoms. The van der Waals surface area contributed by atoms with Crippen molar-refractivity contribution in [3.05, 3.63) is 0 Å². The molecule has 1 saturated heterocycles. The van der Waals surface area contributed by atoms with Crippen LogP contribution in [-0.2, 0) is 14.4 Å². The first-order chi connectivity index (χ1) is 11.8. The topological polar surface area (TPSA) is 192 Å². The van der Waals surface area contributed by atoms with Crippen molar-refractivity contribution in [3.8, 4) is 0 Å². The van der Waals surface area contributed by atoms with Crippen LogP contribution in [0.2, 0.25) is 0 Å². The zero-order chi connectivity index (χ0) is 18.8. The second-order valence-electron chi connectivity index (χ2n) is 5.74. The largest absolute Gasteiger partial charge is 0.480 e. The van der Waals surface area contributed by atoms with Crippen LogP contribution < -0.4 is 27.4 Å². The lowest BCUT2D eigenvalue weighted by Gasteiger charge is -2.22. The molecular formula is C14H26N6O5. The van der Waals surface area contributed by atoms with Crippen LogP contribution >= 0.6 is 0 Å². The van der Waals surface area contributed by atoms with Gasteiger partial charge in [0.25, 0.3) is 0 Å². The molecule has 9 N–H and O–H groups in total. The second-order valence-corrected chi connectivity index (χ2v) is 5.74. The molecule has 142 valence electrons. The summed E-state index contributed by atoms with van der Waals surface area (Å²) in [4.78, 5) is 39.2. The third-order valence-corrected chi connectivity index (χ3v) is 3.75. The van der Waals surface area contributed by atoms with Gasteiger partial charge in [0.15, 0.2) is 5.96 Å². The lowest BCUT2D eigenvalue weighted by Crippen LogP contribution is -2.55. The highest BCUT2D eigenvalue weighted by molar-refractivity contribution is 5.91. The molecule has 0 aliphatic carbocycles. The average Bonchev–Trinajstić information content (AvgIpc) is 3.09. The zero-order valence-corrected chi connectivity index (χ0v) is 13.9. The van der Waals surface area contributed by atoms with Crippen molar-refractivity contribution in [2.75, 3.05) is 19.7 Å². The maximum absolute atomic E-state index is 12.3. The summed E-state index contributed by atoms with van der Waals surface area (Å²) in [5.74, 6) is -2.45. The normalized spacial score (nSPS) is 18.8. The Labute approximate surface area is 145 Å². The number of amides is 2. The molecule has 0 radical (unpaired) electrons. The number of carboxylic acids is 1. The molecule has 25 heavy (non-hydrogen) atoms. The summed E-state index contributed by atoms with van der Waals surface area (Å²) < 4.78 is 0. The number of nitrogens with one attached hydrogen (secondary N) is 3. The molecule has 1 heterocycles. The highest BCUT2D eigenvalue weighted by atomic mass is 16.4. The minimum atomic E-state index is -1.44. The van der Waals surface area contributed by atoms with Crippen molar-refractivity contribution in [2.24, 2.45) is 16.5 Å². The van der Waals surface area contributed by atoms with E-state index in [-0.39, 0.29) is 30.9 Å². The number of aliphatic hydroxyl groups is 1. The molecular weight excluding hydrogens is 332 g/mol. The van der Waals surface area contributed by atoms with Gasteiger partial charge in [-0.25, -0.2) is 4.79 Å². The number of guanidine groups is 1. The highest BCUT2D eigenvalue weighted by Crippen LogP contribution is 2.07. The zero-order valence-electron chi connectivity index (χ0n) is 13.9. The third-order valence-electron chi connectivity index (χ3n) is 3.75. The highest BCUT2D eigenvalue weighted by Gasteiger charge is 2.29. The Hall–Kier alpha value is -2.40. The van der Waals surface area contributed by atoms with Gasteiger partial charge in [-0.3, -0.25) is 14.6 Å². The number of nitrogens with two attached hydrogens (primary N) is 2. The summed E-state index contributed by atoms with van der Waals surface area (Å²) in [6.45, 7) is 0.247. The van der Waals surface area contributed by atoms with Crippen LogP contribution in [0.1, 0.15) is 25.7 Å². The van der Waals surface area contributed by atoms with E-state index < -0.39 is 30.6 Å². The first-order valence-electron chi connectivity index (χ1n) is 8.08. The lowest BCUT2D eigenvalue weighted by molar-refractivity contribution is -0.143. The van der Waals surface area contributed by atoms with Crippen molar-refractivity contribution in [1.82, 2.24) is 16.0 Å². The molecule has 1 aliphatic rings. The van der Waals surface area contributed by atoms with Crippen molar-refractivity contribution in [2.45, 2.75) is 43.8 Å². The Morgan fingerprint density at radius 2 is 1.96 bits per heavy atom. The molecule has 0 bridgehead atoms. The van der Waals surface area contributed by atoms with E-state index in [9.17, 15) is 14.4 Å². The monoisotopic (exact) mass is 358 g/mol. The summed E-state index contributed by atoms with van der Waals surface area (Å²) in [6, 6.07) is -2.76. The van der Waals surface area contributed by atoms with Gasteiger partial charge in [0.05, 0.1) is 12.6 Å². The van der Waals surface area contributed by atoms with Gasteiger partial charge < -0.3 is 37.6 Å². The number of hydrogen-bond donors (Lipinski definition) is 7. The summed E-state index contributed by atoms with van der Waals surface area (Å²) in [5.41, 5.74) is 10.5. The fourth-order valence-electron chi connectivity index (χ4n) is 2.41. The molecule has 1 fully saturated rings. The van der Waals surface area contributed by atoms with Gasteiger partial charge in [-0.1, -0.05) is 0 Å². The summed E-state index contributed by atoms with van der Waals surface area (Å²) in [5, 5.41) is 25.8. The van der Waals surface area contributed by atoms with Gasteiger partial charge in [0.1, 0.15) is 12.1 Å². The lowest BCUT2D eigenvalue weighted by atomic mass is 10.1. The number of aliphatic hydroxyl groups excluding tert-OH is 1. The van der Waals surface area contributed by atoms with Crippen molar-refractivity contribution in [1.29, 1.82) is 0 Å². The number of hydrogen-bond acceptors (Lipinski definition) is 6. The molecule has 11 nitrogen and oxygen atoms in total. The molecule has 0 saturated carbocycles. The SMILES string of the molecule is NC(N)=NCCCC(NC(=O)C1CCCN1)C(=O)NC(CO)C(=O)O. The third kappa shape index (κ3) is 7.35. The van der Waals surface area contributed by atoms with Gasteiger partial charge in [-0.05, 0) is 32.2 Å². The molecule has 0 aromatic heterocycles. The van der Waals surface area contributed by atoms with E-state index in [2.05, 4.69) is 20.9 Å². The average molecular weight is 358 g/mol. The quantitative estimate of drug-likeness (QED) is 0.121. The Kier molecular flexibility index (Phi) is 8.64. The van der Waals surface area contributed by atoms with Crippen LogP contribution in [0.15, 0.2) is 4.99 Å². The number of nitrogens with zero attached hydrogens (tertiary/aromatic N) is 1. The second kappa shape index (κ2) is 10.5. The van der Waals surface area contributed by atoms with Crippen LogP contribution in [0.25, 0.3) is 0 Å². The van der Waals surface area contributed by atoms with Gasteiger partial charge in [0, 0.05) is 6.54 Å². The van der Waals surface area contributed by atoms with E-state index >= 15 is 0 Å². The first-order valence-corrected chi connectivity index (χ1v) is 8.08. The van der Waals surface area contributed by atoms with Crippen molar-refractivity contribution < 1.29 is 24.6 Å². The smallest absolute Gasteiger partial charge is 0.328 e. The first kappa shape index (κ1) is 20.6. The molecule has 2 amide bonds. The number of carbonyl (C=O) groups excluding carboxylic acids is 2. The van der Waals surface area contributed by atoms with Gasteiger partial charge in [-0.15, -0.1) is 0 Å². The summed E-state index contributed by atoms with van der Waals surface area (Å²) in [6.07, 6.45) is 2.16. The van der Waals surface area contributed by atoms with Crippen molar-refractivity contribution >= 4 is 23.7 Å². The fourth-order valence-corrected chi connectivity index (χ4v) is 2.41.